The molecule has 14 heteroatoms. The van der Waals surface area contributed by atoms with Gasteiger partial charge in [-0.2, -0.15) is 26.3 Å². The van der Waals surface area contributed by atoms with E-state index in [9.17, 15) is 36.6 Å². The van der Waals surface area contributed by atoms with Crippen LogP contribution in [0.3, 0.4) is 0 Å². The molecule has 8 rings (SSSR count). The van der Waals surface area contributed by atoms with E-state index >= 15 is 0 Å². The minimum Gasteiger partial charge on any atom is -0.505 e. The topological polar surface area (TPSA) is 102 Å². The first-order valence-electron chi connectivity index (χ1n) is 21.3. The number of alkyl halides is 6. The number of aromatic hydroxyl groups is 2. The van der Waals surface area contributed by atoms with Crippen LogP contribution in [-0.2, 0) is 34.0 Å². The maximum atomic E-state index is 13.3. The van der Waals surface area contributed by atoms with Crippen LogP contribution in [0, 0.1) is 0 Å². The predicted molar refractivity (Wildman–Crippen MR) is 246 cm³/mol. The van der Waals surface area contributed by atoms with Crippen LogP contribution < -0.4 is 0 Å². The van der Waals surface area contributed by atoms with E-state index < -0.39 is 34.3 Å². The smallest absolute Gasteiger partial charge is 0.416 e. The second kappa shape index (κ2) is 16.6. The third kappa shape index (κ3) is 9.36. The standard InChI is InChI=1S/C31H28F3N3O.C21H24F3N3O/c1-29(2,20-11-7-5-8-12-20)23-17-24(30(3,4)21-13-9-6-10-14-21)28(38)27(19-23)37-35-25-16-15-22(31(32,33)34)18-26(25)36-37;1-19(2,3)13-9-14(20(4,5)6)18(28)17(11-13)27-25-15-8-7-12(21(22,23)24)10-16(15)26-27/h5-19,38H,1-4H3;7-11,28H,1-6H3. The van der Waals surface area contributed by atoms with E-state index in [2.05, 4.69) is 55.0 Å². The largest absolute Gasteiger partial charge is 0.505 e. The molecule has 66 heavy (non-hydrogen) atoms. The first kappa shape index (κ1) is 47.3. The molecule has 0 saturated heterocycles. The van der Waals surface area contributed by atoms with Crippen molar-refractivity contribution >= 4 is 22.1 Å². The number of fused-ring (bicyclic) bond motifs is 2. The highest BCUT2D eigenvalue weighted by Crippen LogP contribution is 2.45. The molecule has 0 aliphatic heterocycles. The lowest BCUT2D eigenvalue weighted by atomic mass is 9.72. The molecule has 0 amide bonds. The van der Waals surface area contributed by atoms with Crippen molar-refractivity contribution in [1.82, 2.24) is 30.0 Å². The van der Waals surface area contributed by atoms with Gasteiger partial charge in [-0.3, -0.25) is 0 Å². The number of nitrogens with zero attached hydrogens (tertiary/aromatic N) is 6. The summed E-state index contributed by atoms with van der Waals surface area (Å²) >= 11 is 0. The van der Waals surface area contributed by atoms with Gasteiger partial charge < -0.3 is 10.2 Å². The highest BCUT2D eigenvalue weighted by atomic mass is 19.4. The summed E-state index contributed by atoms with van der Waals surface area (Å²) in [5.41, 5.74) is 3.68. The van der Waals surface area contributed by atoms with Gasteiger partial charge in [-0.05, 0) is 81.6 Å². The molecule has 0 saturated carbocycles. The Morgan fingerprint density at radius 3 is 1.15 bits per heavy atom. The van der Waals surface area contributed by atoms with E-state index in [-0.39, 0.29) is 33.4 Å². The zero-order valence-corrected chi connectivity index (χ0v) is 38.4. The Balaban J connectivity index is 0.000000206. The Kier molecular flexibility index (Phi) is 11.9. The van der Waals surface area contributed by atoms with Gasteiger partial charge >= 0.3 is 12.4 Å². The van der Waals surface area contributed by atoms with Gasteiger partial charge in [-0.1, -0.05) is 142 Å². The maximum absolute atomic E-state index is 13.3. The normalized spacial score (nSPS) is 13.0. The van der Waals surface area contributed by atoms with Crippen molar-refractivity contribution in [2.45, 2.75) is 103 Å². The van der Waals surface area contributed by atoms with Gasteiger partial charge in [0.25, 0.3) is 0 Å². The Hall–Kier alpha value is -6.70. The summed E-state index contributed by atoms with van der Waals surface area (Å²) < 4.78 is 78.9. The first-order valence-corrected chi connectivity index (χ1v) is 21.3. The van der Waals surface area contributed by atoms with Crippen molar-refractivity contribution in [3.8, 4) is 22.9 Å². The van der Waals surface area contributed by atoms with Gasteiger partial charge in [0, 0.05) is 22.0 Å². The molecule has 2 N–H and O–H groups in total. The van der Waals surface area contributed by atoms with Crippen LogP contribution >= 0.6 is 0 Å². The fourth-order valence-electron chi connectivity index (χ4n) is 7.81. The minimum absolute atomic E-state index is 0.0249. The van der Waals surface area contributed by atoms with Crippen LogP contribution in [0.1, 0.15) is 114 Å². The van der Waals surface area contributed by atoms with Crippen molar-refractivity contribution in [3.63, 3.8) is 0 Å². The van der Waals surface area contributed by atoms with Crippen LogP contribution in [0.25, 0.3) is 33.4 Å². The van der Waals surface area contributed by atoms with Gasteiger partial charge in [-0.15, -0.1) is 30.0 Å². The zero-order valence-electron chi connectivity index (χ0n) is 38.4. The molecule has 2 aromatic heterocycles. The van der Waals surface area contributed by atoms with Crippen molar-refractivity contribution < 1.29 is 36.6 Å². The number of phenolic OH excluding ortho intramolecular Hbond substituents is 2. The van der Waals surface area contributed by atoms with Gasteiger partial charge in [0.15, 0.2) is 0 Å². The molecule has 2 heterocycles. The number of halogens is 6. The number of benzene rings is 6. The number of rotatable bonds is 6. The summed E-state index contributed by atoms with van der Waals surface area (Å²) in [7, 11) is 0. The monoisotopic (exact) mass is 906 g/mol. The molecule has 6 aromatic carbocycles. The molecule has 0 atom stereocenters. The summed E-state index contributed by atoms with van der Waals surface area (Å²) in [5, 5.41) is 39.8. The SMILES string of the molecule is CC(C)(C)c1cc(-n2nc3ccc(C(F)(F)F)cc3n2)c(O)c(C(C)(C)C)c1.CC(C)(c1ccccc1)c1cc(-n2nc3ccc(C(F)(F)F)cc3n2)c(O)c(C(C)(C)c2ccccc2)c1. The molecule has 0 bridgehead atoms. The lowest BCUT2D eigenvalue weighted by Gasteiger charge is -2.32. The second-order valence-electron chi connectivity index (χ2n) is 19.6. The van der Waals surface area contributed by atoms with Crippen LogP contribution in [0.5, 0.6) is 11.5 Å². The van der Waals surface area contributed by atoms with Gasteiger partial charge in [-0.25, -0.2) is 0 Å². The quantitative estimate of drug-likeness (QED) is 0.161. The highest BCUT2D eigenvalue weighted by molar-refractivity contribution is 5.76. The van der Waals surface area contributed by atoms with Crippen LogP contribution in [0.15, 0.2) is 121 Å². The van der Waals surface area contributed by atoms with E-state index in [4.69, 9.17) is 0 Å². The Morgan fingerprint density at radius 2 is 0.742 bits per heavy atom. The number of phenols is 2. The van der Waals surface area contributed by atoms with E-state index in [0.717, 1.165) is 52.1 Å². The predicted octanol–water partition coefficient (Wildman–Crippen LogP) is 13.5. The average molecular weight is 907 g/mol. The fraction of sp³-hybridized carbons (Fsp3) is 0.308. The van der Waals surface area contributed by atoms with Crippen LogP contribution in [0.4, 0.5) is 26.3 Å². The zero-order chi connectivity index (χ0) is 48.4. The summed E-state index contributed by atoms with van der Waals surface area (Å²) in [5.74, 6) is -0.000309. The van der Waals surface area contributed by atoms with Gasteiger partial charge in [0.1, 0.15) is 44.9 Å². The molecule has 344 valence electrons. The summed E-state index contributed by atoms with van der Waals surface area (Å²) in [6.45, 7) is 20.4. The molecule has 0 spiro atoms. The number of hydrogen-bond donors (Lipinski definition) is 2. The van der Waals surface area contributed by atoms with Crippen molar-refractivity contribution in [2.75, 3.05) is 0 Å². The highest BCUT2D eigenvalue weighted by Gasteiger charge is 2.35. The fourth-order valence-corrected chi connectivity index (χ4v) is 7.81. The second-order valence-corrected chi connectivity index (χ2v) is 19.6. The molecular formula is C52H52F6N6O2. The van der Waals surface area contributed by atoms with Gasteiger partial charge in [0.2, 0.25) is 0 Å². The molecular weight excluding hydrogens is 855 g/mol. The van der Waals surface area contributed by atoms with Crippen LogP contribution in [-0.4, -0.2) is 40.2 Å². The van der Waals surface area contributed by atoms with E-state index in [1.807, 2.05) is 113 Å². The van der Waals surface area contributed by atoms with E-state index in [1.165, 1.54) is 21.7 Å². The summed E-state index contributed by atoms with van der Waals surface area (Å²) in [6, 6.07) is 33.9. The lowest BCUT2D eigenvalue weighted by Crippen LogP contribution is -2.24. The molecule has 0 radical (unpaired) electrons. The maximum Gasteiger partial charge on any atom is 0.416 e. The average Bonchev–Trinajstić information content (AvgIpc) is 3.87. The Morgan fingerprint density at radius 1 is 0.364 bits per heavy atom. The molecule has 0 fully saturated rings. The summed E-state index contributed by atoms with van der Waals surface area (Å²) in [4.78, 5) is 2.44. The van der Waals surface area contributed by atoms with Gasteiger partial charge in [0.05, 0.1) is 11.1 Å². The number of hydrogen-bond acceptors (Lipinski definition) is 6. The molecule has 8 aromatic rings. The Labute approximate surface area is 379 Å². The van der Waals surface area contributed by atoms with Crippen LogP contribution in [0.2, 0.25) is 0 Å². The molecule has 0 aliphatic carbocycles. The van der Waals surface area contributed by atoms with Crippen molar-refractivity contribution in [1.29, 1.82) is 0 Å². The number of aromatic nitrogens is 6. The molecule has 0 aliphatic rings. The third-order valence-electron chi connectivity index (χ3n) is 12.1. The third-order valence-corrected chi connectivity index (χ3v) is 12.1. The lowest BCUT2D eigenvalue weighted by molar-refractivity contribution is -0.138. The first-order chi connectivity index (χ1) is 30.6. The van der Waals surface area contributed by atoms with E-state index in [0.29, 0.717) is 28.0 Å². The van der Waals surface area contributed by atoms with Crippen molar-refractivity contribution in [3.05, 3.63) is 166 Å². The van der Waals surface area contributed by atoms with Crippen molar-refractivity contribution in [2.24, 2.45) is 0 Å². The Bertz CT molecular complexity index is 3050. The minimum atomic E-state index is -4.49. The summed E-state index contributed by atoms with van der Waals surface area (Å²) in [6.07, 6.45) is -8.95. The van der Waals surface area contributed by atoms with E-state index in [1.54, 1.807) is 6.07 Å². The molecule has 8 nitrogen and oxygen atoms in total. The molecule has 0 unspecified atom stereocenters.